The predicted octanol–water partition coefficient (Wildman–Crippen LogP) is 5.43. The van der Waals surface area contributed by atoms with Crippen molar-refractivity contribution >= 4 is 22.3 Å². The minimum Gasteiger partial charge on any atom is -0.465 e. The molecule has 1 aliphatic rings. The minimum absolute atomic E-state index is 0.113. The third-order valence-corrected chi connectivity index (χ3v) is 7.55. The van der Waals surface area contributed by atoms with Gasteiger partial charge in [0.25, 0.3) is 0 Å². The second-order valence-electron chi connectivity index (χ2n) is 8.12. The topological polar surface area (TPSA) is 24.9 Å². The molecule has 1 heterocycles. The Morgan fingerprint density at radius 1 is 0.774 bits per heavy atom. The monoisotopic (exact) mass is 435 g/mol. The summed E-state index contributed by atoms with van der Waals surface area (Å²) in [6.07, 6.45) is 1.91. The molecule has 1 saturated heterocycles. The average molecular weight is 436 g/mol. The molecule has 0 amide bonds. The first-order valence-corrected chi connectivity index (χ1v) is 11.9. The Morgan fingerprint density at radius 3 is 1.84 bits per heavy atom. The summed E-state index contributed by atoms with van der Waals surface area (Å²) < 4.78 is 11.6. The zero-order valence-electron chi connectivity index (χ0n) is 18.7. The lowest BCUT2D eigenvalue weighted by Crippen LogP contribution is -2.14. The maximum atomic E-state index is 5.99. The van der Waals surface area contributed by atoms with Crippen molar-refractivity contribution in [1.82, 2.24) is 0 Å². The molecule has 0 aromatic heterocycles. The molecule has 1 aliphatic heterocycles. The number of benzene rings is 3. The van der Waals surface area contributed by atoms with Gasteiger partial charge in [-0.25, -0.2) is 0 Å². The van der Waals surface area contributed by atoms with Crippen LogP contribution >= 0.6 is 0 Å². The van der Waals surface area contributed by atoms with E-state index >= 15 is 0 Å². The quantitative estimate of drug-likeness (QED) is 0.462. The van der Waals surface area contributed by atoms with E-state index in [2.05, 4.69) is 111 Å². The SMILES string of the molecule is CN(C)c1cccc([S+](c2ccc(OC3CCCO3)cc2)c2cccc(N(C)C)c2)c1. The first-order valence-electron chi connectivity index (χ1n) is 10.7. The molecule has 1 atom stereocenters. The van der Waals surface area contributed by atoms with Gasteiger partial charge >= 0.3 is 0 Å². The molecular weight excluding hydrogens is 404 g/mol. The molecule has 1 fully saturated rings. The first-order chi connectivity index (χ1) is 15.0. The van der Waals surface area contributed by atoms with Gasteiger partial charge in [0.15, 0.2) is 21.0 Å². The van der Waals surface area contributed by atoms with E-state index in [-0.39, 0.29) is 17.2 Å². The number of nitrogens with zero attached hydrogens (tertiary/aromatic N) is 2. The van der Waals surface area contributed by atoms with Crippen molar-refractivity contribution < 1.29 is 9.47 Å². The molecule has 3 aromatic rings. The van der Waals surface area contributed by atoms with E-state index < -0.39 is 0 Å². The van der Waals surface area contributed by atoms with Gasteiger partial charge in [-0.2, -0.15) is 0 Å². The van der Waals surface area contributed by atoms with Gasteiger partial charge in [-0.3, -0.25) is 0 Å². The van der Waals surface area contributed by atoms with Crippen molar-refractivity contribution in [2.45, 2.75) is 33.8 Å². The van der Waals surface area contributed by atoms with E-state index in [1.807, 2.05) is 0 Å². The number of anilines is 2. The molecule has 4 rings (SSSR count). The number of rotatable bonds is 7. The van der Waals surface area contributed by atoms with Crippen LogP contribution in [0, 0.1) is 0 Å². The van der Waals surface area contributed by atoms with E-state index in [1.54, 1.807) is 0 Å². The summed E-state index contributed by atoms with van der Waals surface area (Å²) in [6, 6.07) is 26.2. The summed E-state index contributed by atoms with van der Waals surface area (Å²) >= 11 is 0. The molecule has 5 heteroatoms. The molecule has 0 N–H and O–H groups in total. The molecule has 0 bridgehead atoms. The van der Waals surface area contributed by atoms with Crippen LogP contribution in [-0.4, -0.2) is 41.1 Å². The van der Waals surface area contributed by atoms with Crippen molar-refractivity contribution in [2.24, 2.45) is 0 Å². The molecule has 162 valence electrons. The Labute approximate surface area is 188 Å². The lowest BCUT2D eigenvalue weighted by atomic mass is 10.3. The van der Waals surface area contributed by atoms with Gasteiger partial charge < -0.3 is 19.3 Å². The van der Waals surface area contributed by atoms with E-state index in [4.69, 9.17) is 9.47 Å². The number of hydrogen-bond donors (Lipinski definition) is 0. The maximum Gasteiger partial charge on any atom is 0.199 e. The summed E-state index contributed by atoms with van der Waals surface area (Å²) in [4.78, 5) is 8.18. The predicted molar refractivity (Wildman–Crippen MR) is 130 cm³/mol. The zero-order valence-corrected chi connectivity index (χ0v) is 19.6. The van der Waals surface area contributed by atoms with Crippen LogP contribution in [0.1, 0.15) is 12.8 Å². The van der Waals surface area contributed by atoms with Crippen LogP contribution in [0.4, 0.5) is 11.4 Å². The Kier molecular flexibility index (Phi) is 6.73. The molecule has 0 aliphatic carbocycles. The van der Waals surface area contributed by atoms with Gasteiger partial charge in [0, 0.05) is 58.1 Å². The highest BCUT2D eigenvalue weighted by Gasteiger charge is 2.30. The molecule has 0 spiro atoms. The van der Waals surface area contributed by atoms with E-state index in [0.29, 0.717) is 0 Å². The molecule has 31 heavy (non-hydrogen) atoms. The molecule has 0 saturated carbocycles. The van der Waals surface area contributed by atoms with E-state index in [1.165, 1.54) is 26.1 Å². The van der Waals surface area contributed by atoms with Gasteiger partial charge in [-0.05, 0) is 55.0 Å². The van der Waals surface area contributed by atoms with E-state index in [9.17, 15) is 0 Å². The maximum absolute atomic E-state index is 5.99. The van der Waals surface area contributed by atoms with Crippen molar-refractivity contribution in [3.63, 3.8) is 0 Å². The number of ether oxygens (including phenoxy) is 2. The first kappa shape index (κ1) is 21.6. The third-order valence-electron chi connectivity index (χ3n) is 5.35. The van der Waals surface area contributed by atoms with Gasteiger partial charge in [0.05, 0.1) is 17.5 Å². The normalized spacial score (nSPS) is 15.8. The lowest BCUT2D eigenvalue weighted by Gasteiger charge is -2.16. The average Bonchev–Trinajstić information content (AvgIpc) is 3.29. The Hall–Kier alpha value is -2.63. The van der Waals surface area contributed by atoms with Crippen molar-refractivity contribution in [2.75, 3.05) is 44.6 Å². The summed E-state index contributed by atoms with van der Waals surface area (Å²) in [6.45, 7) is 0.788. The van der Waals surface area contributed by atoms with Gasteiger partial charge in [-0.15, -0.1) is 0 Å². The smallest absolute Gasteiger partial charge is 0.199 e. The van der Waals surface area contributed by atoms with Crippen LogP contribution in [0.5, 0.6) is 5.75 Å². The van der Waals surface area contributed by atoms with Crippen LogP contribution in [0.15, 0.2) is 87.5 Å². The lowest BCUT2D eigenvalue weighted by molar-refractivity contribution is -0.0390. The van der Waals surface area contributed by atoms with Crippen LogP contribution in [-0.2, 0) is 15.6 Å². The molecule has 3 aromatic carbocycles. The molecule has 4 nitrogen and oxygen atoms in total. The van der Waals surface area contributed by atoms with Crippen molar-refractivity contribution in [3.8, 4) is 5.75 Å². The van der Waals surface area contributed by atoms with Gasteiger partial charge in [-0.1, -0.05) is 12.1 Å². The van der Waals surface area contributed by atoms with Crippen LogP contribution in [0.25, 0.3) is 0 Å². The second kappa shape index (κ2) is 9.67. The third kappa shape index (κ3) is 5.17. The summed E-state index contributed by atoms with van der Waals surface area (Å²) in [5.74, 6) is 0.864. The highest BCUT2D eigenvalue weighted by atomic mass is 32.2. The van der Waals surface area contributed by atoms with Gasteiger partial charge in [0.2, 0.25) is 0 Å². The summed E-state index contributed by atoms with van der Waals surface area (Å²) in [5.41, 5.74) is 2.41. The molecular formula is C26H31N2O2S+. The summed E-state index contributed by atoms with van der Waals surface area (Å²) in [7, 11) is 8.12. The van der Waals surface area contributed by atoms with E-state index in [0.717, 1.165) is 25.2 Å². The number of hydrogen-bond acceptors (Lipinski definition) is 4. The highest BCUT2D eigenvalue weighted by Crippen LogP contribution is 2.35. The van der Waals surface area contributed by atoms with Crippen LogP contribution in [0.3, 0.4) is 0 Å². The molecule has 0 radical (unpaired) electrons. The van der Waals surface area contributed by atoms with Crippen LogP contribution in [0.2, 0.25) is 0 Å². The standard InChI is InChI=1S/C26H31N2O2S/c1-27(2)20-8-5-10-24(18-20)31(25-11-6-9-21(19-25)28(3)4)23-15-13-22(14-16-23)30-26-12-7-17-29-26/h5-6,8-11,13-16,18-19,26H,7,12,17H2,1-4H3/q+1. The van der Waals surface area contributed by atoms with Crippen LogP contribution < -0.4 is 14.5 Å². The summed E-state index contributed by atoms with van der Waals surface area (Å²) in [5, 5.41) is 0. The highest BCUT2D eigenvalue weighted by molar-refractivity contribution is 7.97. The Bertz CT molecular complexity index is 947. The fourth-order valence-corrected chi connectivity index (χ4v) is 5.76. The van der Waals surface area contributed by atoms with Crippen molar-refractivity contribution in [1.29, 1.82) is 0 Å². The fourth-order valence-electron chi connectivity index (χ4n) is 3.63. The minimum atomic E-state index is -0.221. The van der Waals surface area contributed by atoms with Gasteiger partial charge in [0.1, 0.15) is 5.75 Å². The largest absolute Gasteiger partial charge is 0.465 e. The Balaban J connectivity index is 1.71. The fraction of sp³-hybridized carbons (Fsp3) is 0.308. The van der Waals surface area contributed by atoms with Crippen molar-refractivity contribution in [3.05, 3.63) is 72.8 Å². The Morgan fingerprint density at radius 2 is 1.35 bits per heavy atom. The second-order valence-corrected chi connectivity index (χ2v) is 10.1. The molecule has 1 unspecified atom stereocenters. The zero-order chi connectivity index (χ0) is 21.8.